The van der Waals surface area contributed by atoms with E-state index in [4.69, 9.17) is 9.47 Å². The minimum absolute atomic E-state index is 0.169. The molecule has 0 radical (unpaired) electrons. The van der Waals surface area contributed by atoms with Crippen LogP contribution in [0.5, 0.6) is 0 Å². The molecule has 0 aromatic rings. The average Bonchev–Trinajstić information content (AvgIpc) is 2.74. The number of carbonyl (C=O) groups is 2. The van der Waals surface area contributed by atoms with Crippen molar-refractivity contribution in [1.82, 2.24) is 19.6 Å². The van der Waals surface area contributed by atoms with E-state index in [0.29, 0.717) is 25.3 Å². The van der Waals surface area contributed by atoms with Crippen LogP contribution in [0.4, 0.5) is 9.59 Å². The molecule has 2 amide bonds. The molecular formula is C20H36N4O4. The smallest absolute Gasteiger partial charge is 0.409 e. The molecule has 3 saturated heterocycles. The molecule has 8 nitrogen and oxygen atoms in total. The number of hydrogen-bond donors (Lipinski definition) is 0. The van der Waals surface area contributed by atoms with E-state index in [1.807, 2.05) is 23.6 Å². The van der Waals surface area contributed by atoms with Crippen molar-refractivity contribution in [1.29, 1.82) is 0 Å². The van der Waals surface area contributed by atoms with Crippen molar-refractivity contribution in [3.8, 4) is 0 Å². The van der Waals surface area contributed by atoms with E-state index in [-0.39, 0.29) is 12.2 Å². The van der Waals surface area contributed by atoms with E-state index in [0.717, 1.165) is 65.2 Å². The van der Waals surface area contributed by atoms with Crippen LogP contribution >= 0.6 is 0 Å². The Morgan fingerprint density at radius 1 is 0.714 bits per heavy atom. The molecule has 0 unspecified atom stereocenters. The summed E-state index contributed by atoms with van der Waals surface area (Å²) in [5.41, 5.74) is 0. The average molecular weight is 397 g/mol. The van der Waals surface area contributed by atoms with Gasteiger partial charge in [0.2, 0.25) is 0 Å². The molecule has 0 aromatic carbocycles. The molecule has 8 heteroatoms. The summed E-state index contributed by atoms with van der Waals surface area (Å²) >= 11 is 0. The van der Waals surface area contributed by atoms with Gasteiger partial charge in [-0.3, -0.25) is 9.80 Å². The monoisotopic (exact) mass is 396 g/mol. The molecule has 0 saturated carbocycles. The van der Waals surface area contributed by atoms with Gasteiger partial charge in [-0.2, -0.15) is 0 Å². The molecule has 0 N–H and O–H groups in total. The van der Waals surface area contributed by atoms with Crippen LogP contribution in [0.1, 0.15) is 39.5 Å². The van der Waals surface area contributed by atoms with Crippen molar-refractivity contribution in [3.63, 3.8) is 0 Å². The van der Waals surface area contributed by atoms with Crippen LogP contribution in [0.2, 0.25) is 0 Å². The van der Waals surface area contributed by atoms with Crippen molar-refractivity contribution in [2.75, 3.05) is 65.6 Å². The van der Waals surface area contributed by atoms with Crippen LogP contribution in [0.3, 0.4) is 0 Å². The molecule has 3 rings (SSSR count). The van der Waals surface area contributed by atoms with Crippen molar-refractivity contribution in [2.24, 2.45) is 0 Å². The summed E-state index contributed by atoms with van der Waals surface area (Å²) in [6, 6.07) is 1.13. The highest BCUT2D eigenvalue weighted by atomic mass is 16.6. The Balaban J connectivity index is 1.44. The standard InChI is InChI=1S/C20H36N4O4/c1-3-27-19(25)22-10-7-17(8-11-22)24-9-5-6-18(16-24)21-12-14-23(15-13-21)20(26)28-4-2/h17-18H,3-16H2,1-2H3/t18-/m1/s1. The molecule has 28 heavy (non-hydrogen) atoms. The van der Waals surface area contributed by atoms with Gasteiger partial charge in [-0.25, -0.2) is 9.59 Å². The quantitative estimate of drug-likeness (QED) is 0.723. The maximum absolute atomic E-state index is 11.9. The Morgan fingerprint density at radius 3 is 1.86 bits per heavy atom. The maximum atomic E-state index is 11.9. The highest BCUT2D eigenvalue weighted by Gasteiger charge is 2.34. The van der Waals surface area contributed by atoms with Gasteiger partial charge in [0, 0.05) is 57.9 Å². The maximum Gasteiger partial charge on any atom is 0.409 e. The van der Waals surface area contributed by atoms with Gasteiger partial charge in [0.25, 0.3) is 0 Å². The van der Waals surface area contributed by atoms with Crippen LogP contribution < -0.4 is 0 Å². The van der Waals surface area contributed by atoms with E-state index >= 15 is 0 Å². The zero-order valence-corrected chi connectivity index (χ0v) is 17.5. The summed E-state index contributed by atoms with van der Waals surface area (Å²) in [6.07, 6.45) is 4.17. The Kier molecular flexibility index (Phi) is 7.79. The number of nitrogens with zero attached hydrogens (tertiary/aromatic N) is 4. The van der Waals surface area contributed by atoms with Gasteiger partial charge in [0.1, 0.15) is 0 Å². The van der Waals surface area contributed by atoms with Gasteiger partial charge in [0.15, 0.2) is 0 Å². The largest absolute Gasteiger partial charge is 0.450 e. The van der Waals surface area contributed by atoms with Crippen LogP contribution in [0.25, 0.3) is 0 Å². The summed E-state index contributed by atoms with van der Waals surface area (Å²) in [6.45, 7) is 11.8. The Morgan fingerprint density at radius 2 is 1.29 bits per heavy atom. The lowest BCUT2D eigenvalue weighted by Crippen LogP contribution is -2.58. The molecule has 0 aromatic heterocycles. The molecule has 3 heterocycles. The summed E-state index contributed by atoms with van der Waals surface area (Å²) < 4.78 is 10.3. The second-order valence-electron chi connectivity index (χ2n) is 7.93. The lowest BCUT2D eigenvalue weighted by molar-refractivity contribution is 0.0196. The topological polar surface area (TPSA) is 65.6 Å². The van der Waals surface area contributed by atoms with Crippen molar-refractivity contribution < 1.29 is 19.1 Å². The highest BCUT2D eigenvalue weighted by Crippen LogP contribution is 2.24. The van der Waals surface area contributed by atoms with Gasteiger partial charge in [-0.1, -0.05) is 0 Å². The lowest BCUT2D eigenvalue weighted by Gasteiger charge is -2.46. The molecule has 160 valence electrons. The van der Waals surface area contributed by atoms with E-state index < -0.39 is 0 Å². The van der Waals surface area contributed by atoms with Gasteiger partial charge in [-0.05, 0) is 46.1 Å². The second-order valence-corrected chi connectivity index (χ2v) is 7.93. The summed E-state index contributed by atoms with van der Waals surface area (Å²) in [5.74, 6) is 0. The van der Waals surface area contributed by atoms with Gasteiger partial charge >= 0.3 is 12.2 Å². The van der Waals surface area contributed by atoms with Crippen molar-refractivity contribution >= 4 is 12.2 Å². The minimum atomic E-state index is -0.180. The molecule has 1 atom stereocenters. The van der Waals surface area contributed by atoms with E-state index in [2.05, 4.69) is 9.80 Å². The molecule has 3 aliphatic heterocycles. The second kappa shape index (κ2) is 10.3. The van der Waals surface area contributed by atoms with Crippen LogP contribution in [0.15, 0.2) is 0 Å². The molecule has 3 aliphatic rings. The third-order valence-electron chi connectivity index (χ3n) is 6.29. The first-order chi connectivity index (χ1) is 13.6. The molecular weight excluding hydrogens is 360 g/mol. The molecule has 0 aliphatic carbocycles. The number of carbonyl (C=O) groups excluding carboxylic acids is 2. The SMILES string of the molecule is CCOC(=O)N1CCC(N2CCC[C@@H](N3CCN(C(=O)OCC)CC3)C2)CC1. The molecule has 0 spiro atoms. The molecule has 0 bridgehead atoms. The number of likely N-dealkylation sites (tertiary alicyclic amines) is 2. The van der Waals surface area contributed by atoms with E-state index in [1.165, 1.54) is 12.8 Å². The van der Waals surface area contributed by atoms with Gasteiger partial charge in [0.05, 0.1) is 13.2 Å². The Hall–Kier alpha value is -1.54. The van der Waals surface area contributed by atoms with Gasteiger partial charge in [-0.15, -0.1) is 0 Å². The van der Waals surface area contributed by atoms with E-state index in [1.54, 1.807) is 0 Å². The number of amides is 2. The number of piperidine rings is 2. The zero-order valence-electron chi connectivity index (χ0n) is 17.5. The number of ether oxygens (including phenoxy) is 2. The lowest BCUT2D eigenvalue weighted by atomic mass is 9.97. The predicted molar refractivity (Wildman–Crippen MR) is 106 cm³/mol. The first kappa shape index (κ1) is 21.2. The molecule has 3 fully saturated rings. The number of piperazine rings is 1. The van der Waals surface area contributed by atoms with Crippen LogP contribution in [-0.2, 0) is 9.47 Å². The first-order valence-corrected chi connectivity index (χ1v) is 10.9. The normalized spacial score (nSPS) is 25.6. The zero-order chi connectivity index (χ0) is 19.9. The third kappa shape index (κ3) is 5.29. The predicted octanol–water partition coefficient (Wildman–Crippen LogP) is 1.85. The van der Waals surface area contributed by atoms with Crippen LogP contribution in [-0.4, -0.2) is 109 Å². The number of rotatable bonds is 4. The number of hydrogen-bond acceptors (Lipinski definition) is 6. The Labute approximate surface area is 168 Å². The third-order valence-corrected chi connectivity index (χ3v) is 6.29. The summed E-state index contributed by atoms with van der Waals surface area (Å²) in [4.78, 5) is 32.6. The fraction of sp³-hybridized carbons (Fsp3) is 0.900. The van der Waals surface area contributed by atoms with Gasteiger partial charge < -0.3 is 19.3 Å². The van der Waals surface area contributed by atoms with E-state index in [9.17, 15) is 9.59 Å². The minimum Gasteiger partial charge on any atom is -0.450 e. The highest BCUT2D eigenvalue weighted by molar-refractivity contribution is 5.68. The summed E-state index contributed by atoms with van der Waals surface area (Å²) in [5, 5.41) is 0. The fourth-order valence-corrected chi connectivity index (χ4v) is 4.73. The van der Waals surface area contributed by atoms with Crippen molar-refractivity contribution in [2.45, 2.75) is 51.6 Å². The van der Waals surface area contributed by atoms with Crippen molar-refractivity contribution in [3.05, 3.63) is 0 Å². The Bertz CT molecular complexity index is 472. The van der Waals surface area contributed by atoms with Crippen LogP contribution in [0, 0.1) is 0 Å². The summed E-state index contributed by atoms with van der Waals surface area (Å²) in [7, 11) is 0. The first-order valence-electron chi connectivity index (χ1n) is 10.9. The fourth-order valence-electron chi connectivity index (χ4n) is 4.73.